The number of carbonyl (C=O) groups is 1. The maximum atomic E-state index is 11.8. The fourth-order valence-corrected chi connectivity index (χ4v) is 1.92. The summed E-state index contributed by atoms with van der Waals surface area (Å²) in [6, 6.07) is 7.24. The lowest BCUT2D eigenvalue weighted by Gasteiger charge is -2.16. The van der Waals surface area contributed by atoms with Gasteiger partial charge in [-0.05, 0) is 37.6 Å². The van der Waals surface area contributed by atoms with Crippen LogP contribution >= 0.6 is 0 Å². The highest BCUT2D eigenvalue weighted by molar-refractivity contribution is 5.77. The van der Waals surface area contributed by atoms with Crippen LogP contribution in [0.4, 0.5) is 0 Å². The molecule has 0 fully saturated rings. The van der Waals surface area contributed by atoms with Crippen molar-refractivity contribution in [3.63, 3.8) is 0 Å². The van der Waals surface area contributed by atoms with Crippen molar-refractivity contribution >= 4 is 5.91 Å². The summed E-state index contributed by atoms with van der Waals surface area (Å²) in [6.45, 7) is 5.12. The summed E-state index contributed by atoms with van der Waals surface area (Å²) < 4.78 is 10.8. The third-order valence-electron chi connectivity index (χ3n) is 3.06. The van der Waals surface area contributed by atoms with Crippen molar-refractivity contribution in [3.05, 3.63) is 24.3 Å². The minimum Gasteiger partial charge on any atom is -0.494 e. The molecule has 0 heterocycles. The van der Waals surface area contributed by atoms with E-state index < -0.39 is 0 Å². The molecule has 0 radical (unpaired) electrons. The molecule has 1 unspecified atom stereocenters. The molecule has 1 atom stereocenters. The van der Waals surface area contributed by atoms with E-state index >= 15 is 0 Å². The molecule has 1 aromatic carbocycles. The molecular weight excluding hydrogens is 268 g/mol. The minimum absolute atomic E-state index is 0.00337. The lowest BCUT2D eigenvalue weighted by atomic mass is 10.1. The molecule has 0 aliphatic heterocycles. The van der Waals surface area contributed by atoms with Crippen LogP contribution in [0.5, 0.6) is 11.5 Å². The van der Waals surface area contributed by atoms with E-state index in [1.165, 1.54) is 0 Å². The number of unbranched alkanes of at least 4 members (excludes halogenated alkanes) is 1. The van der Waals surface area contributed by atoms with Crippen LogP contribution in [0.2, 0.25) is 0 Å². The molecule has 1 aromatic rings. The first-order valence-electron chi connectivity index (χ1n) is 7.54. The molecule has 0 saturated carbocycles. The van der Waals surface area contributed by atoms with E-state index in [2.05, 4.69) is 12.2 Å². The van der Waals surface area contributed by atoms with Gasteiger partial charge in [-0.1, -0.05) is 19.8 Å². The van der Waals surface area contributed by atoms with Crippen molar-refractivity contribution in [2.45, 2.75) is 39.2 Å². The number of ether oxygens (including phenoxy) is 2. The van der Waals surface area contributed by atoms with E-state index in [0.717, 1.165) is 25.0 Å². The highest BCUT2D eigenvalue weighted by Crippen LogP contribution is 2.17. The second kappa shape index (κ2) is 10.0. The number of benzene rings is 1. The van der Waals surface area contributed by atoms with Crippen molar-refractivity contribution < 1.29 is 14.3 Å². The molecule has 3 N–H and O–H groups in total. The predicted molar refractivity (Wildman–Crippen MR) is 83.6 cm³/mol. The average Bonchev–Trinajstić information content (AvgIpc) is 2.51. The standard InChI is InChI=1S/C16H26N2O3/c1-3-5-6-13(11-17)18-16(19)12-21-15-9-7-14(8-10-15)20-4-2/h7-10,13H,3-6,11-12,17H2,1-2H3,(H,18,19). The van der Waals surface area contributed by atoms with Gasteiger partial charge in [0.05, 0.1) is 6.61 Å². The van der Waals surface area contributed by atoms with Crippen LogP contribution in [-0.4, -0.2) is 31.7 Å². The van der Waals surface area contributed by atoms with Crippen molar-refractivity contribution in [1.82, 2.24) is 5.32 Å². The molecule has 0 saturated heterocycles. The molecule has 0 spiro atoms. The first-order chi connectivity index (χ1) is 10.2. The van der Waals surface area contributed by atoms with Gasteiger partial charge in [0.1, 0.15) is 11.5 Å². The van der Waals surface area contributed by atoms with E-state index in [1.807, 2.05) is 19.1 Å². The predicted octanol–water partition coefficient (Wildman–Crippen LogP) is 2.10. The highest BCUT2D eigenvalue weighted by atomic mass is 16.5. The van der Waals surface area contributed by atoms with Gasteiger partial charge in [-0.15, -0.1) is 0 Å². The van der Waals surface area contributed by atoms with Gasteiger partial charge in [-0.2, -0.15) is 0 Å². The topological polar surface area (TPSA) is 73.6 Å². The maximum absolute atomic E-state index is 11.8. The molecule has 0 aromatic heterocycles. The number of carbonyl (C=O) groups excluding carboxylic acids is 1. The number of rotatable bonds is 10. The molecule has 5 nitrogen and oxygen atoms in total. The van der Waals surface area contributed by atoms with Gasteiger partial charge in [-0.3, -0.25) is 4.79 Å². The van der Waals surface area contributed by atoms with Gasteiger partial charge < -0.3 is 20.5 Å². The van der Waals surface area contributed by atoms with Gasteiger partial charge in [0.2, 0.25) is 0 Å². The lowest BCUT2D eigenvalue weighted by molar-refractivity contribution is -0.123. The number of nitrogens with two attached hydrogens (primary N) is 1. The van der Waals surface area contributed by atoms with E-state index in [-0.39, 0.29) is 18.6 Å². The van der Waals surface area contributed by atoms with Crippen LogP contribution in [0.15, 0.2) is 24.3 Å². The summed E-state index contributed by atoms with van der Waals surface area (Å²) in [4.78, 5) is 11.8. The van der Waals surface area contributed by atoms with Crippen molar-refractivity contribution in [3.8, 4) is 11.5 Å². The van der Waals surface area contributed by atoms with Gasteiger partial charge in [0.25, 0.3) is 5.91 Å². The third-order valence-corrected chi connectivity index (χ3v) is 3.06. The third kappa shape index (κ3) is 6.99. The number of hydrogen-bond donors (Lipinski definition) is 2. The first-order valence-corrected chi connectivity index (χ1v) is 7.54. The molecule has 1 amide bonds. The van der Waals surface area contributed by atoms with Crippen LogP contribution in [0.25, 0.3) is 0 Å². The Bertz CT molecular complexity index is 406. The summed E-state index contributed by atoms with van der Waals surface area (Å²) in [6.07, 6.45) is 3.05. The molecule has 0 bridgehead atoms. The molecule has 5 heteroatoms. The van der Waals surface area contributed by atoms with E-state index in [9.17, 15) is 4.79 Å². The van der Waals surface area contributed by atoms with Crippen molar-refractivity contribution in [2.75, 3.05) is 19.8 Å². The van der Waals surface area contributed by atoms with Crippen molar-refractivity contribution in [1.29, 1.82) is 0 Å². The number of nitrogens with one attached hydrogen (secondary N) is 1. The molecule has 118 valence electrons. The summed E-state index contributed by atoms with van der Waals surface area (Å²) in [5.41, 5.74) is 5.64. The number of hydrogen-bond acceptors (Lipinski definition) is 4. The summed E-state index contributed by atoms with van der Waals surface area (Å²) >= 11 is 0. The highest BCUT2D eigenvalue weighted by Gasteiger charge is 2.10. The quantitative estimate of drug-likeness (QED) is 0.693. The summed E-state index contributed by atoms with van der Waals surface area (Å²) in [5, 5.41) is 2.89. The Labute approximate surface area is 126 Å². The zero-order chi connectivity index (χ0) is 15.5. The fourth-order valence-electron chi connectivity index (χ4n) is 1.92. The van der Waals surface area contributed by atoms with Gasteiger partial charge in [-0.25, -0.2) is 0 Å². The fraction of sp³-hybridized carbons (Fsp3) is 0.562. The zero-order valence-corrected chi connectivity index (χ0v) is 12.9. The Morgan fingerprint density at radius 3 is 2.33 bits per heavy atom. The second-order valence-corrected chi connectivity index (χ2v) is 4.84. The van der Waals surface area contributed by atoms with Crippen LogP contribution < -0.4 is 20.5 Å². The Morgan fingerprint density at radius 1 is 1.19 bits per heavy atom. The second-order valence-electron chi connectivity index (χ2n) is 4.84. The Morgan fingerprint density at radius 2 is 1.81 bits per heavy atom. The molecule has 21 heavy (non-hydrogen) atoms. The van der Waals surface area contributed by atoms with Crippen LogP contribution in [0.1, 0.15) is 33.1 Å². The largest absolute Gasteiger partial charge is 0.494 e. The van der Waals surface area contributed by atoms with E-state index in [1.54, 1.807) is 12.1 Å². The van der Waals surface area contributed by atoms with Gasteiger partial charge in [0.15, 0.2) is 6.61 Å². The van der Waals surface area contributed by atoms with Crippen LogP contribution in [0.3, 0.4) is 0 Å². The Hall–Kier alpha value is -1.75. The normalized spacial score (nSPS) is 11.8. The molecule has 1 rings (SSSR count). The molecule has 0 aliphatic carbocycles. The van der Waals surface area contributed by atoms with Gasteiger partial charge >= 0.3 is 0 Å². The van der Waals surface area contributed by atoms with E-state index in [4.69, 9.17) is 15.2 Å². The zero-order valence-electron chi connectivity index (χ0n) is 12.9. The average molecular weight is 294 g/mol. The van der Waals surface area contributed by atoms with Crippen LogP contribution in [0, 0.1) is 0 Å². The Balaban J connectivity index is 2.34. The smallest absolute Gasteiger partial charge is 0.258 e. The van der Waals surface area contributed by atoms with Crippen LogP contribution in [-0.2, 0) is 4.79 Å². The molecular formula is C16H26N2O3. The minimum atomic E-state index is -0.143. The molecule has 0 aliphatic rings. The van der Waals surface area contributed by atoms with Gasteiger partial charge in [0, 0.05) is 12.6 Å². The SMILES string of the molecule is CCCCC(CN)NC(=O)COc1ccc(OCC)cc1. The van der Waals surface area contributed by atoms with E-state index in [0.29, 0.717) is 18.9 Å². The monoisotopic (exact) mass is 294 g/mol. The van der Waals surface area contributed by atoms with Crippen molar-refractivity contribution in [2.24, 2.45) is 5.73 Å². The maximum Gasteiger partial charge on any atom is 0.258 e. The summed E-state index contributed by atoms with van der Waals surface area (Å²) in [5.74, 6) is 1.29. The Kier molecular flexibility index (Phi) is 8.28. The summed E-state index contributed by atoms with van der Waals surface area (Å²) in [7, 11) is 0. The first kappa shape index (κ1) is 17.3. The number of amides is 1. The lowest BCUT2D eigenvalue weighted by Crippen LogP contribution is -2.42.